The van der Waals surface area contributed by atoms with E-state index in [1.807, 2.05) is 0 Å². The number of thiazole rings is 1. The molecule has 0 aliphatic rings. The van der Waals surface area contributed by atoms with Crippen molar-refractivity contribution >= 4 is 28.8 Å². The summed E-state index contributed by atoms with van der Waals surface area (Å²) in [5.41, 5.74) is 7.30. The van der Waals surface area contributed by atoms with E-state index >= 15 is 0 Å². The van der Waals surface area contributed by atoms with Gasteiger partial charge in [0.15, 0.2) is 0 Å². The summed E-state index contributed by atoms with van der Waals surface area (Å²) in [4.78, 5) is 28.0. The molecule has 3 aromatic rings. The minimum absolute atomic E-state index is 0.0603. The Balaban J connectivity index is 1.70. The maximum Gasteiger partial charge on any atom is 0.250 e. The van der Waals surface area contributed by atoms with Crippen molar-refractivity contribution in [3.05, 3.63) is 71.0 Å². The van der Waals surface area contributed by atoms with Crippen LogP contribution < -0.4 is 11.1 Å². The summed E-state index contributed by atoms with van der Waals surface area (Å²) in [7, 11) is 0. The van der Waals surface area contributed by atoms with E-state index in [0.717, 1.165) is 5.56 Å². The minimum Gasteiger partial charge on any atom is -0.366 e. The largest absolute Gasteiger partial charge is 0.366 e. The molecule has 2 amide bonds. The fourth-order valence-corrected chi connectivity index (χ4v) is 3.10. The number of nitrogens with two attached hydrogens (primary N) is 1. The Morgan fingerprint density at radius 2 is 1.84 bits per heavy atom. The monoisotopic (exact) mass is 355 g/mol. The molecule has 0 atom stereocenters. The van der Waals surface area contributed by atoms with Crippen molar-refractivity contribution in [3.8, 4) is 10.6 Å². The predicted molar refractivity (Wildman–Crippen MR) is 94.8 cm³/mol. The molecule has 25 heavy (non-hydrogen) atoms. The van der Waals surface area contributed by atoms with E-state index in [0.29, 0.717) is 16.4 Å². The number of primary amides is 1. The lowest BCUT2D eigenvalue weighted by atomic mass is 10.1. The molecule has 3 rings (SSSR count). The number of hydrogen-bond acceptors (Lipinski definition) is 4. The number of carbonyl (C=O) groups excluding carboxylic acids is 2. The number of nitrogens with zero attached hydrogens (tertiary/aromatic N) is 1. The Bertz CT molecular complexity index is 922. The molecule has 0 saturated carbocycles. The molecule has 0 spiro atoms. The molecule has 5 nitrogen and oxygen atoms in total. The van der Waals surface area contributed by atoms with E-state index in [-0.39, 0.29) is 23.7 Å². The first-order chi connectivity index (χ1) is 12.0. The third-order valence-corrected chi connectivity index (χ3v) is 4.39. The van der Waals surface area contributed by atoms with Gasteiger partial charge in [-0.3, -0.25) is 9.59 Å². The highest BCUT2D eigenvalue weighted by Crippen LogP contribution is 2.24. The van der Waals surface area contributed by atoms with Gasteiger partial charge in [0.05, 0.1) is 23.4 Å². The lowest BCUT2D eigenvalue weighted by Crippen LogP contribution is -2.19. The molecular formula is C18H14FN3O2S. The third kappa shape index (κ3) is 4.07. The number of benzene rings is 2. The molecule has 0 saturated heterocycles. The standard InChI is InChI=1S/C18H14FN3O2S/c19-12-7-5-11(6-8-12)18-21-13(10-25-18)9-16(23)22-15-4-2-1-3-14(15)17(20)24/h1-8,10H,9H2,(H2,20,24)(H,22,23). The van der Waals surface area contributed by atoms with Gasteiger partial charge in [-0.25, -0.2) is 9.37 Å². The quantitative estimate of drug-likeness (QED) is 0.737. The van der Waals surface area contributed by atoms with Crippen LogP contribution in [0.4, 0.5) is 10.1 Å². The van der Waals surface area contributed by atoms with Crippen LogP contribution >= 0.6 is 11.3 Å². The van der Waals surface area contributed by atoms with Gasteiger partial charge in [-0.05, 0) is 36.4 Å². The molecular weight excluding hydrogens is 341 g/mol. The Hall–Kier alpha value is -3.06. The van der Waals surface area contributed by atoms with Crippen LogP contribution in [0.3, 0.4) is 0 Å². The van der Waals surface area contributed by atoms with Gasteiger partial charge in [-0.15, -0.1) is 11.3 Å². The first kappa shape index (κ1) is 16.8. The third-order valence-electron chi connectivity index (χ3n) is 3.45. The molecule has 3 N–H and O–H groups in total. The Morgan fingerprint density at radius 1 is 1.12 bits per heavy atom. The van der Waals surface area contributed by atoms with E-state index in [1.165, 1.54) is 23.5 Å². The summed E-state index contributed by atoms with van der Waals surface area (Å²) in [6.07, 6.45) is 0.0603. The van der Waals surface area contributed by atoms with E-state index in [1.54, 1.807) is 41.8 Å². The van der Waals surface area contributed by atoms with Crippen LogP contribution in [-0.4, -0.2) is 16.8 Å². The molecule has 126 valence electrons. The van der Waals surface area contributed by atoms with Crippen molar-refractivity contribution in [2.24, 2.45) is 5.73 Å². The molecule has 0 unspecified atom stereocenters. The fourth-order valence-electron chi connectivity index (χ4n) is 2.28. The number of amides is 2. The van der Waals surface area contributed by atoms with E-state index in [2.05, 4.69) is 10.3 Å². The molecule has 0 bridgehead atoms. The van der Waals surface area contributed by atoms with E-state index < -0.39 is 5.91 Å². The summed E-state index contributed by atoms with van der Waals surface area (Å²) in [6.45, 7) is 0. The Morgan fingerprint density at radius 3 is 2.56 bits per heavy atom. The van der Waals surface area contributed by atoms with Crippen LogP contribution in [0.15, 0.2) is 53.9 Å². The SMILES string of the molecule is NC(=O)c1ccccc1NC(=O)Cc1csc(-c2ccc(F)cc2)n1. The second-order valence-corrected chi connectivity index (χ2v) is 6.14. The molecule has 0 aliphatic heterocycles. The summed E-state index contributed by atoms with van der Waals surface area (Å²) in [5, 5.41) is 5.16. The summed E-state index contributed by atoms with van der Waals surface area (Å²) in [6, 6.07) is 12.6. The maximum absolute atomic E-state index is 13.0. The Kier molecular flexibility index (Phi) is 4.85. The molecule has 1 heterocycles. The Labute approximate surface area is 147 Å². The van der Waals surface area contributed by atoms with Crippen molar-refractivity contribution in [2.75, 3.05) is 5.32 Å². The van der Waals surface area contributed by atoms with Crippen molar-refractivity contribution in [1.82, 2.24) is 4.98 Å². The second kappa shape index (κ2) is 7.23. The molecule has 0 aliphatic carbocycles. The highest BCUT2D eigenvalue weighted by Gasteiger charge is 2.13. The van der Waals surface area contributed by atoms with Crippen molar-refractivity contribution in [2.45, 2.75) is 6.42 Å². The number of halogens is 1. The fraction of sp³-hybridized carbons (Fsp3) is 0.0556. The highest BCUT2D eigenvalue weighted by molar-refractivity contribution is 7.13. The van der Waals surface area contributed by atoms with Crippen molar-refractivity contribution in [1.29, 1.82) is 0 Å². The van der Waals surface area contributed by atoms with Crippen LogP contribution in [-0.2, 0) is 11.2 Å². The maximum atomic E-state index is 13.0. The molecule has 2 aromatic carbocycles. The number of carbonyl (C=O) groups is 2. The average molecular weight is 355 g/mol. The van der Waals surface area contributed by atoms with Gasteiger partial charge < -0.3 is 11.1 Å². The minimum atomic E-state index is -0.608. The number of aromatic nitrogens is 1. The van der Waals surface area contributed by atoms with Gasteiger partial charge in [0.2, 0.25) is 5.91 Å². The highest BCUT2D eigenvalue weighted by atomic mass is 32.1. The molecule has 0 radical (unpaired) electrons. The van der Waals surface area contributed by atoms with Gasteiger partial charge in [-0.2, -0.15) is 0 Å². The number of rotatable bonds is 5. The summed E-state index contributed by atoms with van der Waals surface area (Å²) < 4.78 is 13.0. The van der Waals surface area contributed by atoms with E-state index in [4.69, 9.17) is 5.73 Å². The van der Waals surface area contributed by atoms with Crippen molar-refractivity contribution < 1.29 is 14.0 Å². The number of nitrogens with one attached hydrogen (secondary N) is 1. The average Bonchev–Trinajstić information content (AvgIpc) is 3.04. The molecule has 1 aromatic heterocycles. The van der Waals surface area contributed by atoms with Crippen LogP contribution in [0, 0.1) is 5.82 Å². The van der Waals surface area contributed by atoms with Crippen LogP contribution in [0.5, 0.6) is 0 Å². The summed E-state index contributed by atoms with van der Waals surface area (Å²) in [5.74, 6) is -1.22. The van der Waals surface area contributed by atoms with Crippen LogP contribution in [0.2, 0.25) is 0 Å². The zero-order valence-corrected chi connectivity index (χ0v) is 13.8. The smallest absolute Gasteiger partial charge is 0.250 e. The lowest BCUT2D eigenvalue weighted by molar-refractivity contribution is -0.115. The van der Waals surface area contributed by atoms with Gasteiger partial charge in [-0.1, -0.05) is 12.1 Å². The lowest BCUT2D eigenvalue weighted by Gasteiger charge is -2.07. The molecule has 7 heteroatoms. The molecule has 0 fully saturated rings. The zero-order valence-electron chi connectivity index (χ0n) is 13.0. The van der Waals surface area contributed by atoms with Gasteiger partial charge in [0, 0.05) is 10.9 Å². The number of hydrogen-bond donors (Lipinski definition) is 2. The normalized spacial score (nSPS) is 10.4. The van der Waals surface area contributed by atoms with Gasteiger partial charge in [0.25, 0.3) is 5.91 Å². The second-order valence-electron chi connectivity index (χ2n) is 5.29. The topological polar surface area (TPSA) is 85.1 Å². The summed E-state index contributed by atoms with van der Waals surface area (Å²) >= 11 is 1.38. The van der Waals surface area contributed by atoms with E-state index in [9.17, 15) is 14.0 Å². The zero-order chi connectivity index (χ0) is 17.8. The number of para-hydroxylation sites is 1. The predicted octanol–water partition coefficient (Wildman–Crippen LogP) is 3.23. The van der Waals surface area contributed by atoms with Crippen molar-refractivity contribution in [3.63, 3.8) is 0 Å². The first-order valence-electron chi connectivity index (χ1n) is 7.42. The van der Waals surface area contributed by atoms with Gasteiger partial charge >= 0.3 is 0 Å². The van der Waals surface area contributed by atoms with Crippen LogP contribution in [0.1, 0.15) is 16.1 Å². The van der Waals surface area contributed by atoms with Gasteiger partial charge in [0.1, 0.15) is 10.8 Å². The van der Waals surface area contributed by atoms with Crippen LogP contribution in [0.25, 0.3) is 10.6 Å². The first-order valence-corrected chi connectivity index (χ1v) is 8.30. The number of anilines is 1.